The van der Waals surface area contributed by atoms with Crippen LogP contribution in [0.15, 0.2) is 58.4 Å². The minimum Gasteiger partial charge on any atom is -0.507 e. The SMILES string of the molecule is Cc1c(NC(=S)N/N=C\c2ccc([N+](=O)[O-])cc2O)c(=O)n(-c2ccccc2)n1C. The average molecular weight is 426 g/mol. The van der Waals surface area contributed by atoms with Crippen LogP contribution in [-0.4, -0.2) is 30.7 Å². The quantitative estimate of drug-likeness (QED) is 0.247. The Labute approximate surface area is 176 Å². The molecule has 0 saturated carbocycles. The Morgan fingerprint density at radius 1 is 1.27 bits per heavy atom. The molecule has 0 unspecified atom stereocenters. The van der Waals surface area contributed by atoms with E-state index in [-0.39, 0.29) is 27.7 Å². The van der Waals surface area contributed by atoms with Crippen LogP contribution in [0.4, 0.5) is 11.4 Å². The Morgan fingerprint density at radius 2 is 1.97 bits per heavy atom. The first-order valence-electron chi connectivity index (χ1n) is 8.71. The molecule has 30 heavy (non-hydrogen) atoms. The fraction of sp³-hybridized carbons (Fsp3) is 0.105. The zero-order chi connectivity index (χ0) is 21.8. The number of phenols is 1. The topological polar surface area (TPSA) is 127 Å². The number of phenolic OH excluding ortho intramolecular Hbond substituents is 1. The molecule has 0 radical (unpaired) electrons. The average Bonchev–Trinajstić information content (AvgIpc) is 2.93. The number of nitrogens with one attached hydrogen (secondary N) is 2. The number of aromatic nitrogens is 2. The maximum absolute atomic E-state index is 12.8. The van der Waals surface area contributed by atoms with Crippen molar-refractivity contribution in [2.75, 3.05) is 5.32 Å². The Balaban J connectivity index is 1.74. The molecule has 0 spiro atoms. The van der Waals surface area contributed by atoms with E-state index in [0.29, 0.717) is 17.1 Å². The standard InChI is InChI=1S/C19H18N6O4S/c1-12-17(18(27)24(23(12)2)14-6-4-3-5-7-14)21-19(30)22-20-11-13-8-9-15(25(28)29)10-16(13)26/h3-11,26H,1-2H3,(H2,21,22,30)/b20-11-. The Hall–Kier alpha value is -3.99. The van der Waals surface area contributed by atoms with Crippen molar-refractivity contribution in [3.05, 3.63) is 80.3 Å². The van der Waals surface area contributed by atoms with Crippen LogP contribution in [0.1, 0.15) is 11.3 Å². The van der Waals surface area contributed by atoms with E-state index in [4.69, 9.17) is 12.2 Å². The monoisotopic (exact) mass is 426 g/mol. The van der Waals surface area contributed by atoms with Gasteiger partial charge in [0.05, 0.1) is 28.6 Å². The van der Waals surface area contributed by atoms with Crippen LogP contribution in [0.3, 0.4) is 0 Å². The third-order valence-corrected chi connectivity index (χ3v) is 4.58. The summed E-state index contributed by atoms with van der Waals surface area (Å²) in [5.74, 6) is -0.293. The summed E-state index contributed by atoms with van der Waals surface area (Å²) in [4.78, 5) is 22.9. The Bertz CT molecular complexity index is 1200. The van der Waals surface area contributed by atoms with Gasteiger partial charge in [-0.3, -0.25) is 25.0 Å². The van der Waals surface area contributed by atoms with E-state index < -0.39 is 4.92 Å². The van der Waals surface area contributed by atoms with Crippen LogP contribution in [0, 0.1) is 17.0 Å². The van der Waals surface area contributed by atoms with Gasteiger partial charge in [-0.2, -0.15) is 5.10 Å². The first-order valence-corrected chi connectivity index (χ1v) is 9.12. The fourth-order valence-electron chi connectivity index (χ4n) is 2.77. The molecule has 0 saturated heterocycles. The van der Waals surface area contributed by atoms with Gasteiger partial charge < -0.3 is 10.4 Å². The molecule has 0 fully saturated rings. The zero-order valence-electron chi connectivity index (χ0n) is 16.1. The van der Waals surface area contributed by atoms with Gasteiger partial charge >= 0.3 is 0 Å². The molecule has 11 heteroatoms. The van der Waals surface area contributed by atoms with E-state index in [1.807, 2.05) is 30.3 Å². The van der Waals surface area contributed by atoms with Crippen LogP contribution >= 0.6 is 12.2 Å². The number of rotatable bonds is 5. The van der Waals surface area contributed by atoms with Crippen LogP contribution in [0.5, 0.6) is 5.75 Å². The first kappa shape index (κ1) is 20.7. The van der Waals surface area contributed by atoms with E-state index in [2.05, 4.69) is 15.8 Å². The molecule has 0 aliphatic carbocycles. The molecule has 0 aliphatic rings. The van der Waals surface area contributed by atoms with Crippen LogP contribution < -0.4 is 16.3 Å². The second-order valence-electron chi connectivity index (χ2n) is 6.26. The molecule has 3 aromatic rings. The van der Waals surface area contributed by atoms with Crippen molar-refractivity contribution < 1.29 is 10.0 Å². The molecule has 1 heterocycles. The molecule has 2 aromatic carbocycles. The number of anilines is 1. The molecule has 3 N–H and O–H groups in total. The number of hydrogen-bond acceptors (Lipinski definition) is 6. The van der Waals surface area contributed by atoms with Crippen molar-refractivity contribution in [1.82, 2.24) is 14.8 Å². The lowest BCUT2D eigenvalue weighted by molar-refractivity contribution is -0.384. The highest BCUT2D eigenvalue weighted by Crippen LogP contribution is 2.21. The smallest absolute Gasteiger partial charge is 0.295 e. The van der Waals surface area contributed by atoms with Crippen LogP contribution in [-0.2, 0) is 7.05 Å². The number of nitro benzene ring substituents is 1. The molecule has 10 nitrogen and oxygen atoms in total. The van der Waals surface area contributed by atoms with Crippen LogP contribution in [0.2, 0.25) is 0 Å². The van der Waals surface area contributed by atoms with E-state index >= 15 is 0 Å². The summed E-state index contributed by atoms with van der Waals surface area (Å²) in [5.41, 5.74) is 3.99. The van der Waals surface area contributed by atoms with Gasteiger partial charge in [0, 0.05) is 18.7 Å². The lowest BCUT2D eigenvalue weighted by atomic mass is 10.2. The van der Waals surface area contributed by atoms with Crippen molar-refractivity contribution in [3.63, 3.8) is 0 Å². The summed E-state index contributed by atoms with van der Waals surface area (Å²) in [5, 5.41) is 27.3. The maximum atomic E-state index is 12.8. The summed E-state index contributed by atoms with van der Waals surface area (Å²) in [6.45, 7) is 1.78. The maximum Gasteiger partial charge on any atom is 0.295 e. The third kappa shape index (κ3) is 4.20. The second kappa shape index (κ2) is 8.57. The van der Waals surface area contributed by atoms with Gasteiger partial charge in [0.2, 0.25) is 0 Å². The summed E-state index contributed by atoms with van der Waals surface area (Å²) < 4.78 is 3.22. The summed E-state index contributed by atoms with van der Waals surface area (Å²) in [6, 6.07) is 12.8. The highest BCUT2D eigenvalue weighted by Gasteiger charge is 2.16. The van der Waals surface area contributed by atoms with Gasteiger partial charge in [-0.25, -0.2) is 4.68 Å². The van der Waals surface area contributed by atoms with Gasteiger partial charge in [-0.1, -0.05) is 18.2 Å². The normalized spacial score (nSPS) is 10.9. The number of nitrogens with zero attached hydrogens (tertiary/aromatic N) is 4. The zero-order valence-corrected chi connectivity index (χ0v) is 16.9. The number of thiocarbonyl (C=S) groups is 1. The summed E-state index contributed by atoms with van der Waals surface area (Å²) in [6.07, 6.45) is 1.26. The van der Waals surface area contributed by atoms with Gasteiger partial charge in [0.1, 0.15) is 11.4 Å². The lowest BCUT2D eigenvalue weighted by Gasteiger charge is -2.07. The predicted octanol–water partition coefficient (Wildman–Crippen LogP) is 2.42. The molecule has 0 atom stereocenters. The highest BCUT2D eigenvalue weighted by atomic mass is 32.1. The van der Waals surface area contributed by atoms with E-state index in [1.165, 1.54) is 23.0 Å². The number of hydrazone groups is 1. The largest absolute Gasteiger partial charge is 0.507 e. The van der Waals surface area contributed by atoms with E-state index in [0.717, 1.165) is 6.07 Å². The minimum atomic E-state index is -0.609. The van der Waals surface area contributed by atoms with Gasteiger partial charge in [-0.05, 0) is 37.3 Å². The molecule has 0 aliphatic heterocycles. The molecule has 0 bridgehead atoms. The van der Waals surface area contributed by atoms with Crippen molar-refractivity contribution >= 4 is 34.9 Å². The van der Waals surface area contributed by atoms with Crippen molar-refractivity contribution in [2.24, 2.45) is 12.1 Å². The van der Waals surface area contributed by atoms with Crippen molar-refractivity contribution in [2.45, 2.75) is 6.92 Å². The molecule has 1 aromatic heterocycles. The molecule has 154 valence electrons. The van der Waals surface area contributed by atoms with Crippen molar-refractivity contribution in [1.29, 1.82) is 0 Å². The minimum absolute atomic E-state index is 0.0682. The van der Waals surface area contributed by atoms with Gasteiger partial charge in [0.25, 0.3) is 11.2 Å². The predicted molar refractivity (Wildman–Crippen MR) is 117 cm³/mol. The molecular weight excluding hydrogens is 408 g/mol. The summed E-state index contributed by atoms with van der Waals surface area (Å²) in [7, 11) is 1.76. The lowest BCUT2D eigenvalue weighted by Crippen LogP contribution is -2.28. The molecular formula is C19H18N6O4S. The van der Waals surface area contributed by atoms with Gasteiger partial charge in [-0.15, -0.1) is 0 Å². The second-order valence-corrected chi connectivity index (χ2v) is 6.67. The third-order valence-electron chi connectivity index (χ3n) is 4.39. The molecule has 0 amide bonds. The number of aromatic hydroxyl groups is 1. The van der Waals surface area contributed by atoms with Gasteiger partial charge in [0.15, 0.2) is 5.11 Å². The highest BCUT2D eigenvalue weighted by molar-refractivity contribution is 7.80. The number of benzene rings is 2. The molecule has 3 rings (SSSR count). The number of non-ortho nitro benzene ring substituents is 1. The van der Waals surface area contributed by atoms with Crippen molar-refractivity contribution in [3.8, 4) is 11.4 Å². The van der Waals surface area contributed by atoms with E-state index in [9.17, 15) is 20.0 Å². The Morgan fingerprint density at radius 3 is 2.60 bits per heavy atom. The number of hydrogen-bond donors (Lipinski definition) is 3. The first-order chi connectivity index (χ1) is 14.3. The number of nitro groups is 1. The van der Waals surface area contributed by atoms with E-state index in [1.54, 1.807) is 18.7 Å². The fourth-order valence-corrected chi connectivity index (χ4v) is 2.92. The number of para-hydroxylation sites is 1. The summed E-state index contributed by atoms with van der Waals surface area (Å²) >= 11 is 5.18. The Kier molecular flexibility index (Phi) is 5.93. The van der Waals surface area contributed by atoms with Crippen LogP contribution in [0.25, 0.3) is 5.69 Å².